The van der Waals surface area contributed by atoms with E-state index in [0.717, 1.165) is 6.32 Å². The van der Waals surface area contributed by atoms with Crippen LogP contribution in [0.2, 0.25) is 6.32 Å². The van der Waals surface area contributed by atoms with Crippen molar-refractivity contribution in [2.24, 2.45) is 5.92 Å². The van der Waals surface area contributed by atoms with Crippen LogP contribution in [0.25, 0.3) is 10.8 Å². The molecule has 24 heavy (non-hydrogen) atoms. The van der Waals surface area contributed by atoms with Gasteiger partial charge in [-0.2, -0.15) is 0 Å². The normalized spacial score (nSPS) is 28.1. The number of hydrogen-bond donors (Lipinski definition) is 0. The molecule has 2 nitrogen and oxygen atoms in total. The van der Waals surface area contributed by atoms with E-state index in [2.05, 4.69) is 70.2 Å². The van der Waals surface area contributed by atoms with Gasteiger partial charge < -0.3 is 9.31 Å². The Morgan fingerprint density at radius 2 is 1.54 bits per heavy atom. The summed E-state index contributed by atoms with van der Waals surface area (Å²) in [5, 5.41) is 2.77. The predicted octanol–water partition coefficient (Wildman–Crippen LogP) is 5.43. The van der Waals surface area contributed by atoms with E-state index in [1.165, 1.54) is 29.2 Å². The van der Waals surface area contributed by atoms with Crippen LogP contribution in [0, 0.1) is 5.92 Å². The fourth-order valence-electron chi connectivity index (χ4n) is 4.12. The van der Waals surface area contributed by atoms with E-state index in [1.807, 2.05) is 0 Å². The van der Waals surface area contributed by atoms with Gasteiger partial charge in [0, 0.05) is 0 Å². The second-order valence-corrected chi connectivity index (χ2v) is 8.52. The molecule has 0 spiro atoms. The zero-order valence-corrected chi connectivity index (χ0v) is 15.2. The van der Waals surface area contributed by atoms with Gasteiger partial charge in [-0.15, -0.1) is 0 Å². The van der Waals surface area contributed by atoms with Crippen molar-refractivity contribution in [3.05, 3.63) is 48.0 Å². The molecule has 0 aromatic heterocycles. The van der Waals surface area contributed by atoms with Gasteiger partial charge in [0.25, 0.3) is 0 Å². The van der Waals surface area contributed by atoms with Crippen LogP contribution < -0.4 is 0 Å². The van der Waals surface area contributed by atoms with Crippen molar-refractivity contribution in [2.45, 2.75) is 64.0 Å². The summed E-state index contributed by atoms with van der Waals surface area (Å²) in [6.45, 7) is 8.53. The second kappa shape index (κ2) is 5.61. The summed E-state index contributed by atoms with van der Waals surface area (Å²) in [6, 6.07) is 15.4. The van der Waals surface area contributed by atoms with E-state index in [1.54, 1.807) is 0 Å². The Kier molecular flexibility index (Phi) is 3.78. The molecule has 2 fully saturated rings. The van der Waals surface area contributed by atoms with Crippen molar-refractivity contribution in [2.75, 3.05) is 0 Å². The Balaban J connectivity index is 1.40. The van der Waals surface area contributed by atoms with Crippen LogP contribution in [0.15, 0.2) is 42.5 Å². The highest BCUT2D eigenvalue weighted by molar-refractivity contribution is 6.45. The summed E-state index contributed by atoms with van der Waals surface area (Å²) in [4.78, 5) is 0. The second-order valence-electron chi connectivity index (χ2n) is 8.52. The summed E-state index contributed by atoms with van der Waals surface area (Å²) in [6.07, 6.45) is 3.52. The van der Waals surface area contributed by atoms with Crippen LogP contribution in [0.5, 0.6) is 0 Å². The molecule has 4 rings (SSSR count). The molecular formula is C21H27BO2. The SMILES string of the molecule is CC1(C)OB(CC2CC(c3cccc4ccccc34)C2)OC1(C)C. The van der Waals surface area contributed by atoms with Crippen LogP contribution in [0.4, 0.5) is 0 Å². The lowest BCUT2D eigenvalue weighted by Gasteiger charge is -2.36. The van der Waals surface area contributed by atoms with Crippen molar-refractivity contribution in [1.29, 1.82) is 0 Å². The van der Waals surface area contributed by atoms with Crippen LogP contribution in [0.3, 0.4) is 0 Å². The van der Waals surface area contributed by atoms with E-state index in [9.17, 15) is 0 Å². The Bertz CT molecular complexity index is 725. The number of benzene rings is 2. The zero-order chi connectivity index (χ0) is 16.9. The Morgan fingerprint density at radius 1 is 0.917 bits per heavy atom. The monoisotopic (exact) mass is 322 g/mol. The third-order valence-electron chi connectivity index (χ3n) is 6.33. The Hall–Kier alpha value is -1.32. The maximum Gasteiger partial charge on any atom is 0.458 e. The molecule has 1 aliphatic carbocycles. The predicted molar refractivity (Wildman–Crippen MR) is 100 cm³/mol. The molecule has 2 aromatic carbocycles. The molecule has 2 aromatic rings. The van der Waals surface area contributed by atoms with Crippen molar-refractivity contribution >= 4 is 17.9 Å². The molecule has 0 bridgehead atoms. The van der Waals surface area contributed by atoms with Crippen molar-refractivity contribution in [1.82, 2.24) is 0 Å². The first-order valence-electron chi connectivity index (χ1n) is 9.19. The summed E-state index contributed by atoms with van der Waals surface area (Å²) in [5.41, 5.74) is 1.09. The molecule has 2 aliphatic rings. The van der Waals surface area contributed by atoms with Gasteiger partial charge in [0.15, 0.2) is 0 Å². The van der Waals surface area contributed by atoms with Crippen molar-refractivity contribution in [3.63, 3.8) is 0 Å². The number of fused-ring (bicyclic) bond motifs is 1. The van der Waals surface area contributed by atoms with Crippen molar-refractivity contribution < 1.29 is 9.31 Å². The van der Waals surface area contributed by atoms with Gasteiger partial charge in [0.05, 0.1) is 11.2 Å². The first-order valence-corrected chi connectivity index (χ1v) is 9.19. The molecule has 126 valence electrons. The molecule has 0 N–H and O–H groups in total. The highest BCUT2D eigenvalue weighted by atomic mass is 16.7. The topological polar surface area (TPSA) is 18.5 Å². The highest BCUT2D eigenvalue weighted by Gasteiger charge is 2.52. The van der Waals surface area contributed by atoms with Gasteiger partial charge in [-0.25, -0.2) is 0 Å². The van der Waals surface area contributed by atoms with E-state index in [0.29, 0.717) is 11.8 Å². The van der Waals surface area contributed by atoms with E-state index >= 15 is 0 Å². The molecule has 0 unspecified atom stereocenters. The maximum atomic E-state index is 6.16. The molecule has 1 saturated carbocycles. The van der Waals surface area contributed by atoms with Gasteiger partial charge in [-0.1, -0.05) is 42.5 Å². The minimum absolute atomic E-state index is 0.0477. The minimum Gasteiger partial charge on any atom is -0.403 e. The molecule has 0 amide bonds. The molecule has 1 heterocycles. The molecule has 3 heteroatoms. The van der Waals surface area contributed by atoms with Gasteiger partial charge >= 0.3 is 7.12 Å². The number of hydrogen-bond acceptors (Lipinski definition) is 2. The third-order valence-corrected chi connectivity index (χ3v) is 6.33. The maximum absolute atomic E-state index is 6.16. The average molecular weight is 322 g/mol. The minimum atomic E-state index is -0.212. The van der Waals surface area contributed by atoms with Crippen molar-refractivity contribution in [3.8, 4) is 0 Å². The molecule has 1 saturated heterocycles. The quantitative estimate of drug-likeness (QED) is 0.702. The van der Waals surface area contributed by atoms with E-state index in [4.69, 9.17) is 9.31 Å². The van der Waals surface area contributed by atoms with Gasteiger partial charge in [-0.05, 0) is 75.0 Å². The van der Waals surface area contributed by atoms with Gasteiger partial charge in [0.1, 0.15) is 0 Å². The molecule has 0 radical (unpaired) electrons. The van der Waals surface area contributed by atoms with Gasteiger partial charge in [-0.3, -0.25) is 0 Å². The largest absolute Gasteiger partial charge is 0.458 e. The summed E-state index contributed by atoms with van der Waals surface area (Å²) in [5.74, 6) is 1.40. The Morgan fingerprint density at radius 3 is 2.25 bits per heavy atom. The fourth-order valence-corrected chi connectivity index (χ4v) is 4.12. The zero-order valence-electron chi connectivity index (χ0n) is 15.2. The fraction of sp³-hybridized carbons (Fsp3) is 0.524. The highest BCUT2D eigenvalue weighted by Crippen LogP contribution is 2.48. The van der Waals surface area contributed by atoms with Crippen LogP contribution in [0.1, 0.15) is 52.0 Å². The first kappa shape index (κ1) is 16.2. The van der Waals surface area contributed by atoms with Crippen LogP contribution in [-0.2, 0) is 9.31 Å². The van der Waals surface area contributed by atoms with E-state index in [-0.39, 0.29) is 18.3 Å². The lowest BCUT2D eigenvalue weighted by atomic mass is 9.62. The molecule has 0 atom stereocenters. The number of rotatable bonds is 3. The van der Waals surface area contributed by atoms with Gasteiger partial charge in [0.2, 0.25) is 0 Å². The summed E-state index contributed by atoms with van der Waals surface area (Å²) < 4.78 is 12.3. The molecular weight excluding hydrogens is 295 g/mol. The standard InChI is InChI=1S/C21H27BO2/c1-20(2)21(3,4)24-22(23-20)14-15-12-17(13-15)19-11-7-9-16-8-5-6-10-18(16)19/h5-11,15,17H,12-14H2,1-4H3. The molecule has 1 aliphatic heterocycles. The van der Waals surface area contributed by atoms with Crippen LogP contribution >= 0.6 is 0 Å². The van der Waals surface area contributed by atoms with Crippen LogP contribution in [-0.4, -0.2) is 18.3 Å². The lowest BCUT2D eigenvalue weighted by Crippen LogP contribution is -2.41. The third kappa shape index (κ3) is 2.68. The average Bonchev–Trinajstić information content (AvgIpc) is 2.69. The smallest absolute Gasteiger partial charge is 0.403 e. The summed E-state index contributed by atoms with van der Waals surface area (Å²) >= 11 is 0. The first-order chi connectivity index (χ1) is 11.4. The lowest BCUT2D eigenvalue weighted by molar-refractivity contribution is 0.00578. The Labute approximate surface area is 145 Å². The van der Waals surface area contributed by atoms with E-state index < -0.39 is 0 Å². The summed E-state index contributed by atoms with van der Waals surface area (Å²) in [7, 11) is -0.0477.